The molecule has 0 aromatic heterocycles. The number of nitrogens with zero attached hydrogens (tertiary/aromatic N) is 1. The fraction of sp³-hybridized carbons (Fsp3) is 0.462. The van der Waals surface area contributed by atoms with Crippen molar-refractivity contribution in [3.05, 3.63) is 23.8 Å². The van der Waals surface area contributed by atoms with Crippen molar-refractivity contribution in [2.75, 3.05) is 20.2 Å². The third-order valence-corrected chi connectivity index (χ3v) is 2.60. The molecule has 1 amide bonds. The van der Waals surface area contributed by atoms with Crippen LogP contribution in [0.15, 0.2) is 18.2 Å². The number of hydrogen-bond donors (Lipinski definition) is 1. The Bertz CT molecular complexity index is 474. The van der Waals surface area contributed by atoms with Gasteiger partial charge in [0.25, 0.3) is 5.91 Å². The summed E-state index contributed by atoms with van der Waals surface area (Å²) in [5.74, 6) is -1.29. The van der Waals surface area contributed by atoms with Gasteiger partial charge in [0.2, 0.25) is 0 Å². The van der Waals surface area contributed by atoms with Gasteiger partial charge >= 0.3 is 6.18 Å². The smallest absolute Gasteiger partial charge is 0.406 e. The summed E-state index contributed by atoms with van der Waals surface area (Å²) in [6, 6.07) is 4.11. The number of phenolic OH excluding ortho intramolecular Hbond substituents is 1. The van der Waals surface area contributed by atoms with Gasteiger partial charge in [-0.2, -0.15) is 13.2 Å². The lowest BCUT2D eigenvalue weighted by Gasteiger charge is -2.24. The summed E-state index contributed by atoms with van der Waals surface area (Å²) >= 11 is 0. The molecule has 1 aromatic carbocycles. The minimum Gasteiger partial charge on any atom is -0.504 e. The van der Waals surface area contributed by atoms with Crippen LogP contribution in [-0.2, 0) is 0 Å². The van der Waals surface area contributed by atoms with Crippen LogP contribution in [0, 0.1) is 0 Å². The number of alkyl halides is 3. The van der Waals surface area contributed by atoms with E-state index in [0.29, 0.717) is 11.3 Å². The lowest BCUT2D eigenvalue weighted by Crippen LogP contribution is -2.39. The monoisotopic (exact) mass is 291 g/mol. The minimum atomic E-state index is -4.49. The topological polar surface area (TPSA) is 49.8 Å². The van der Waals surface area contributed by atoms with Crippen LogP contribution >= 0.6 is 0 Å². The lowest BCUT2D eigenvalue weighted by atomic mass is 10.1. The highest BCUT2D eigenvalue weighted by molar-refractivity contribution is 5.97. The number of amides is 1. The average Bonchev–Trinajstić information content (AvgIpc) is 2.36. The second kappa shape index (κ2) is 6.49. The maximum absolute atomic E-state index is 12.5. The van der Waals surface area contributed by atoms with Gasteiger partial charge in [-0.15, -0.1) is 0 Å². The van der Waals surface area contributed by atoms with Gasteiger partial charge < -0.3 is 14.7 Å². The van der Waals surface area contributed by atoms with Gasteiger partial charge in [-0.1, -0.05) is 13.0 Å². The molecule has 20 heavy (non-hydrogen) atoms. The van der Waals surface area contributed by atoms with Crippen molar-refractivity contribution in [3.8, 4) is 11.5 Å². The molecule has 0 atom stereocenters. The predicted molar refractivity (Wildman–Crippen MR) is 66.9 cm³/mol. The number of aromatic hydroxyl groups is 1. The largest absolute Gasteiger partial charge is 0.504 e. The fourth-order valence-electron chi connectivity index (χ4n) is 1.77. The number of methoxy groups -OCH3 is 1. The van der Waals surface area contributed by atoms with E-state index in [4.69, 9.17) is 4.74 Å². The Morgan fingerprint density at radius 1 is 1.40 bits per heavy atom. The summed E-state index contributed by atoms with van der Waals surface area (Å²) in [6.07, 6.45) is -4.11. The second-order valence-corrected chi connectivity index (χ2v) is 4.20. The average molecular weight is 291 g/mol. The highest BCUT2D eigenvalue weighted by Crippen LogP contribution is 2.30. The molecule has 0 spiro atoms. The summed E-state index contributed by atoms with van der Waals surface area (Å²) in [7, 11) is 1.29. The van der Waals surface area contributed by atoms with Gasteiger partial charge in [0.05, 0.1) is 12.7 Å². The van der Waals surface area contributed by atoms with E-state index in [0.717, 1.165) is 0 Å². The Labute approximate surface area is 114 Å². The molecule has 0 fully saturated rings. The molecule has 0 saturated carbocycles. The molecule has 1 aromatic rings. The van der Waals surface area contributed by atoms with Crippen molar-refractivity contribution in [2.24, 2.45) is 0 Å². The van der Waals surface area contributed by atoms with Crippen LogP contribution in [-0.4, -0.2) is 42.3 Å². The second-order valence-electron chi connectivity index (χ2n) is 4.20. The van der Waals surface area contributed by atoms with Gasteiger partial charge in [0.15, 0.2) is 11.5 Å². The number of para-hydroxylation sites is 1. The first kappa shape index (κ1) is 16.1. The summed E-state index contributed by atoms with van der Waals surface area (Å²) in [5, 5.41) is 9.82. The Morgan fingerprint density at radius 3 is 2.55 bits per heavy atom. The van der Waals surface area contributed by atoms with Gasteiger partial charge in [-0.3, -0.25) is 4.79 Å². The fourth-order valence-corrected chi connectivity index (χ4v) is 1.77. The van der Waals surface area contributed by atoms with Gasteiger partial charge in [-0.05, 0) is 18.6 Å². The Kier molecular flexibility index (Phi) is 5.24. The summed E-state index contributed by atoms with van der Waals surface area (Å²) in [4.78, 5) is 12.8. The number of carbonyl (C=O) groups is 1. The highest BCUT2D eigenvalue weighted by atomic mass is 19.4. The zero-order valence-electron chi connectivity index (χ0n) is 11.2. The van der Waals surface area contributed by atoms with Crippen molar-refractivity contribution in [2.45, 2.75) is 19.5 Å². The number of ether oxygens (including phenoxy) is 1. The first-order valence-corrected chi connectivity index (χ1v) is 6.02. The highest BCUT2D eigenvalue weighted by Gasteiger charge is 2.33. The molecule has 0 aliphatic carbocycles. The van der Waals surface area contributed by atoms with E-state index in [1.54, 1.807) is 6.92 Å². The number of rotatable bonds is 5. The summed E-state index contributed by atoms with van der Waals surface area (Å²) in [5.41, 5.74) is -0.206. The van der Waals surface area contributed by atoms with Crippen LogP contribution in [0.1, 0.15) is 23.7 Å². The van der Waals surface area contributed by atoms with Crippen LogP contribution in [0.5, 0.6) is 11.5 Å². The number of benzene rings is 1. The molecule has 0 heterocycles. The van der Waals surface area contributed by atoms with E-state index < -0.39 is 24.4 Å². The molecule has 0 bridgehead atoms. The zero-order valence-corrected chi connectivity index (χ0v) is 11.2. The van der Waals surface area contributed by atoms with Crippen molar-refractivity contribution >= 4 is 5.91 Å². The number of hydrogen-bond acceptors (Lipinski definition) is 3. The van der Waals surface area contributed by atoms with Crippen LogP contribution in [0.3, 0.4) is 0 Å². The van der Waals surface area contributed by atoms with Gasteiger partial charge in [0, 0.05) is 6.54 Å². The lowest BCUT2D eigenvalue weighted by molar-refractivity contribution is -0.140. The van der Waals surface area contributed by atoms with Crippen LogP contribution < -0.4 is 4.74 Å². The maximum atomic E-state index is 12.5. The molecular formula is C13H16F3NO3. The predicted octanol–water partition coefficient (Wildman–Crippen LogP) is 2.82. The standard InChI is InChI=1S/C13H16F3NO3/c1-3-7-17(8-13(14,15)16)12(19)9-5-4-6-10(20-2)11(9)18/h4-6,18H,3,7-8H2,1-2H3. The number of phenols is 1. The zero-order chi connectivity index (χ0) is 15.3. The SMILES string of the molecule is CCCN(CC(F)(F)F)C(=O)c1cccc(OC)c1O. The van der Waals surface area contributed by atoms with Gasteiger partial charge in [-0.25, -0.2) is 0 Å². The molecule has 0 aliphatic heterocycles. The normalized spacial score (nSPS) is 11.2. The quantitative estimate of drug-likeness (QED) is 0.907. The molecular weight excluding hydrogens is 275 g/mol. The Balaban J connectivity index is 3.06. The first-order chi connectivity index (χ1) is 9.30. The van der Waals surface area contributed by atoms with E-state index in [9.17, 15) is 23.1 Å². The van der Waals surface area contributed by atoms with Gasteiger partial charge in [0.1, 0.15) is 6.54 Å². The molecule has 7 heteroatoms. The Hall–Kier alpha value is -1.92. The van der Waals surface area contributed by atoms with E-state index in [2.05, 4.69) is 0 Å². The molecule has 0 aliphatic rings. The van der Waals surface area contributed by atoms with E-state index in [-0.39, 0.29) is 17.9 Å². The molecule has 0 radical (unpaired) electrons. The molecule has 4 nitrogen and oxygen atoms in total. The minimum absolute atomic E-state index is 0.0410. The van der Waals surface area contributed by atoms with Crippen molar-refractivity contribution in [3.63, 3.8) is 0 Å². The van der Waals surface area contributed by atoms with Crippen molar-refractivity contribution in [1.29, 1.82) is 0 Å². The third-order valence-electron chi connectivity index (χ3n) is 2.60. The van der Waals surface area contributed by atoms with E-state index in [1.807, 2.05) is 0 Å². The molecule has 112 valence electrons. The number of carbonyl (C=O) groups excluding carboxylic acids is 1. The first-order valence-electron chi connectivity index (χ1n) is 6.02. The molecule has 0 unspecified atom stereocenters. The number of halogens is 3. The summed E-state index contributed by atoms with van der Waals surface area (Å²) < 4.78 is 42.2. The third kappa shape index (κ3) is 4.04. The molecule has 1 rings (SSSR count). The van der Waals surface area contributed by atoms with Crippen LogP contribution in [0.4, 0.5) is 13.2 Å². The van der Waals surface area contributed by atoms with Crippen LogP contribution in [0.2, 0.25) is 0 Å². The molecule has 0 saturated heterocycles. The Morgan fingerprint density at radius 2 is 2.05 bits per heavy atom. The van der Waals surface area contributed by atoms with Crippen LogP contribution in [0.25, 0.3) is 0 Å². The van der Waals surface area contributed by atoms with E-state index >= 15 is 0 Å². The summed E-state index contributed by atoms with van der Waals surface area (Å²) in [6.45, 7) is 0.271. The van der Waals surface area contributed by atoms with E-state index in [1.165, 1.54) is 25.3 Å². The van der Waals surface area contributed by atoms with Crippen molar-refractivity contribution in [1.82, 2.24) is 4.90 Å². The van der Waals surface area contributed by atoms with Crippen molar-refractivity contribution < 1.29 is 27.8 Å². The maximum Gasteiger partial charge on any atom is 0.406 e. The molecule has 1 N–H and O–H groups in total.